The molecule has 0 spiro atoms. The first-order chi connectivity index (χ1) is 7.13. The second kappa shape index (κ2) is 6.04. The van der Waals surface area contributed by atoms with Gasteiger partial charge in [-0.2, -0.15) is 5.10 Å². The maximum Gasteiger partial charge on any atom is 0.0766 e. The van der Waals surface area contributed by atoms with Crippen LogP contribution >= 0.6 is 31.9 Å². The van der Waals surface area contributed by atoms with Crippen molar-refractivity contribution in [3.8, 4) is 0 Å². The number of hydrogen-bond donors (Lipinski definition) is 0. The summed E-state index contributed by atoms with van der Waals surface area (Å²) in [4.78, 5) is 0. The lowest BCUT2D eigenvalue weighted by molar-refractivity contribution is 0.542. The summed E-state index contributed by atoms with van der Waals surface area (Å²) in [5, 5.41) is 5.56. The SMILES string of the molecule is CCc1nn(C)c(CC(CC)CBr)c1Br. The number of alkyl halides is 1. The molecule has 0 fully saturated rings. The summed E-state index contributed by atoms with van der Waals surface area (Å²) in [6.07, 6.45) is 3.27. The van der Waals surface area contributed by atoms with Gasteiger partial charge in [0.05, 0.1) is 15.9 Å². The highest BCUT2D eigenvalue weighted by Gasteiger charge is 2.15. The molecule has 0 aliphatic heterocycles. The molecule has 1 rings (SSSR count). The average Bonchev–Trinajstić information content (AvgIpc) is 2.51. The molecule has 0 aliphatic rings. The molecular formula is C11H18Br2N2. The highest BCUT2D eigenvalue weighted by Crippen LogP contribution is 2.25. The lowest BCUT2D eigenvalue weighted by Crippen LogP contribution is -2.09. The molecular weight excluding hydrogens is 320 g/mol. The van der Waals surface area contributed by atoms with E-state index >= 15 is 0 Å². The van der Waals surface area contributed by atoms with E-state index in [-0.39, 0.29) is 0 Å². The maximum absolute atomic E-state index is 4.50. The number of aryl methyl sites for hydroxylation is 2. The van der Waals surface area contributed by atoms with Crippen LogP contribution in [-0.4, -0.2) is 15.1 Å². The second-order valence-corrected chi connectivity index (χ2v) is 5.26. The van der Waals surface area contributed by atoms with Crippen molar-refractivity contribution in [3.63, 3.8) is 0 Å². The van der Waals surface area contributed by atoms with Crippen molar-refractivity contribution in [2.24, 2.45) is 13.0 Å². The molecule has 1 unspecified atom stereocenters. The summed E-state index contributed by atoms with van der Waals surface area (Å²) in [5.41, 5.74) is 2.48. The molecule has 0 radical (unpaired) electrons. The van der Waals surface area contributed by atoms with Crippen molar-refractivity contribution in [1.29, 1.82) is 0 Å². The maximum atomic E-state index is 4.50. The first-order valence-electron chi connectivity index (χ1n) is 5.40. The Balaban J connectivity index is 2.88. The van der Waals surface area contributed by atoms with E-state index in [1.54, 1.807) is 0 Å². The van der Waals surface area contributed by atoms with E-state index in [4.69, 9.17) is 0 Å². The standard InChI is InChI=1S/C11H18Br2N2/c1-4-8(7-12)6-10-11(13)9(5-2)14-15(10)3/h8H,4-7H2,1-3H3. The van der Waals surface area contributed by atoms with Crippen molar-refractivity contribution in [3.05, 3.63) is 15.9 Å². The van der Waals surface area contributed by atoms with Crippen molar-refractivity contribution < 1.29 is 0 Å². The van der Waals surface area contributed by atoms with Gasteiger partial charge in [0.1, 0.15) is 0 Å². The molecule has 2 nitrogen and oxygen atoms in total. The van der Waals surface area contributed by atoms with Crippen LogP contribution in [0.3, 0.4) is 0 Å². The topological polar surface area (TPSA) is 17.8 Å². The number of rotatable bonds is 5. The van der Waals surface area contributed by atoms with E-state index in [9.17, 15) is 0 Å². The molecule has 15 heavy (non-hydrogen) atoms. The number of aromatic nitrogens is 2. The molecule has 1 aromatic heterocycles. The van der Waals surface area contributed by atoms with Crippen molar-refractivity contribution in [2.75, 3.05) is 5.33 Å². The smallest absolute Gasteiger partial charge is 0.0766 e. The third-order valence-electron chi connectivity index (χ3n) is 2.78. The molecule has 86 valence electrons. The fourth-order valence-corrected chi connectivity index (χ4v) is 3.09. The highest BCUT2D eigenvalue weighted by molar-refractivity contribution is 9.10. The summed E-state index contributed by atoms with van der Waals surface area (Å²) in [7, 11) is 2.03. The Morgan fingerprint density at radius 3 is 2.47 bits per heavy atom. The molecule has 0 N–H and O–H groups in total. The Bertz CT molecular complexity index is 317. The van der Waals surface area contributed by atoms with Gasteiger partial charge in [0.15, 0.2) is 0 Å². The third kappa shape index (κ3) is 3.06. The fraction of sp³-hybridized carbons (Fsp3) is 0.727. The molecule has 0 bridgehead atoms. The fourth-order valence-electron chi connectivity index (χ4n) is 1.62. The van der Waals surface area contributed by atoms with Gasteiger partial charge in [0.25, 0.3) is 0 Å². The molecule has 1 atom stereocenters. The molecule has 0 saturated heterocycles. The molecule has 0 aliphatic carbocycles. The first kappa shape index (κ1) is 13.2. The second-order valence-electron chi connectivity index (χ2n) is 3.82. The number of hydrogen-bond acceptors (Lipinski definition) is 1. The number of halogens is 2. The van der Waals surface area contributed by atoms with Gasteiger partial charge in [-0.3, -0.25) is 4.68 Å². The Hall–Kier alpha value is 0.170. The summed E-state index contributed by atoms with van der Waals surface area (Å²) >= 11 is 7.21. The van der Waals surface area contributed by atoms with Crippen molar-refractivity contribution in [1.82, 2.24) is 9.78 Å². The zero-order chi connectivity index (χ0) is 11.4. The van der Waals surface area contributed by atoms with Crippen LogP contribution in [0.1, 0.15) is 31.7 Å². The summed E-state index contributed by atoms with van der Waals surface area (Å²) < 4.78 is 3.21. The Kier molecular flexibility index (Phi) is 5.33. The van der Waals surface area contributed by atoms with Gasteiger partial charge < -0.3 is 0 Å². The van der Waals surface area contributed by atoms with Crippen LogP contribution in [0.25, 0.3) is 0 Å². The van der Waals surface area contributed by atoms with Gasteiger partial charge in [-0.25, -0.2) is 0 Å². The zero-order valence-corrected chi connectivity index (χ0v) is 12.7. The minimum absolute atomic E-state index is 0.696. The molecule has 4 heteroatoms. The normalized spacial score (nSPS) is 13.1. The Labute approximate surface area is 109 Å². The van der Waals surface area contributed by atoms with Crippen molar-refractivity contribution >= 4 is 31.9 Å². The first-order valence-corrected chi connectivity index (χ1v) is 7.31. The van der Waals surface area contributed by atoms with E-state index in [2.05, 4.69) is 50.8 Å². The van der Waals surface area contributed by atoms with Gasteiger partial charge in [-0.15, -0.1) is 0 Å². The monoisotopic (exact) mass is 336 g/mol. The molecule has 1 heterocycles. The summed E-state index contributed by atoms with van der Waals surface area (Å²) in [5.74, 6) is 0.696. The largest absolute Gasteiger partial charge is 0.271 e. The van der Waals surface area contributed by atoms with Crippen LogP contribution in [0, 0.1) is 5.92 Å². The van der Waals surface area contributed by atoms with Gasteiger partial charge in [0, 0.05) is 12.4 Å². The van der Waals surface area contributed by atoms with Gasteiger partial charge in [-0.1, -0.05) is 36.2 Å². The molecule has 1 aromatic rings. The van der Waals surface area contributed by atoms with Gasteiger partial charge >= 0.3 is 0 Å². The predicted molar refractivity (Wildman–Crippen MR) is 71.6 cm³/mol. The van der Waals surface area contributed by atoms with Crippen LogP contribution < -0.4 is 0 Å². The molecule has 0 aromatic carbocycles. The molecule has 0 saturated carbocycles. The van der Waals surface area contributed by atoms with Gasteiger partial charge in [0.2, 0.25) is 0 Å². The van der Waals surface area contributed by atoms with Crippen LogP contribution in [0.2, 0.25) is 0 Å². The van der Waals surface area contributed by atoms with Crippen LogP contribution in [0.15, 0.2) is 4.47 Å². The Morgan fingerprint density at radius 1 is 1.40 bits per heavy atom. The van der Waals surface area contributed by atoms with E-state index in [0.717, 1.165) is 23.9 Å². The van der Waals surface area contributed by atoms with Crippen LogP contribution in [0.5, 0.6) is 0 Å². The minimum atomic E-state index is 0.696. The lowest BCUT2D eigenvalue weighted by Gasteiger charge is -2.11. The highest BCUT2D eigenvalue weighted by atomic mass is 79.9. The zero-order valence-electron chi connectivity index (χ0n) is 9.56. The third-order valence-corrected chi connectivity index (χ3v) is 4.61. The van der Waals surface area contributed by atoms with E-state index in [1.807, 2.05) is 11.7 Å². The minimum Gasteiger partial charge on any atom is -0.271 e. The lowest BCUT2D eigenvalue weighted by atomic mass is 10.0. The van der Waals surface area contributed by atoms with Crippen LogP contribution in [0.4, 0.5) is 0 Å². The van der Waals surface area contributed by atoms with Gasteiger partial charge in [-0.05, 0) is 34.7 Å². The van der Waals surface area contributed by atoms with E-state index in [1.165, 1.54) is 16.6 Å². The summed E-state index contributed by atoms with van der Waals surface area (Å²) in [6, 6.07) is 0. The predicted octanol–water partition coefficient (Wildman–Crippen LogP) is 3.71. The van der Waals surface area contributed by atoms with Crippen molar-refractivity contribution in [2.45, 2.75) is 33.1 Å². The quantitative estimate of drug-likeness (QED) is 0.749. The summed E-state index contributed by atoms with van der Waals surface area (Å²) in [6.45, 7) is 4.37. The van der Waals surface area contributed by atoms with E-state index < -0.39 is 0 Å². The Morgan fingerprint density at radius 2 is 2.07 bits per heavy atom. The number of nitrogens with zero attached hydrogens (tertiary/aromatic N) is 2. The van der Waals surface area contributed by atoms with E-state index in [0.29, 0.717) is 5.92 Å². The van der Waals surface area contributed by atoms with Crippen LogP contribution in [-0.2, 0) is 19.9 Å². The molecule has 0 amide bonds. The average molecular weight is 338 g/mol.